The number of hydrogen-bond acceptors (Lipinski definition) is 1. The molecular weight excluding hydrogens is 206 g/mol. The van der Waals surface area contributed by atoms with Crippen LogP contribution in [0, 0.1) is 11.8 Å². The summed E-state index contributed by atoms with van der Waals surface area (Å²) in [6, 6.07) is 6.06. The first kappa shape index (κ1) is 10.4. The second kappa shape index (κ2) is 4.59. The minimum atomic E-state index is 0.569. The summed E-state index contributed by atoms with van der Waals surface area (Å²) in [4.78, 5) is 0. The molecule has 78 valence electrons. The van der Waals surface area contributed by atoms with Crippen molar-refractivity contribution in [2.45, 2.75) is 25.7 Å². The molecule has 15 heavy (non-hydrogen) atoms. The Hall–Kier alpha value is -1.13. The molecule has 0 aliphatic carbocycles. The SMILES string of the molecule is CC#CCCC1CNc2ccc(Cl)cc21. The molecule has 0 radical (unpaired) electrons. The largest absolute Gasteiger partial charge is 0.384 e. The molecule has 0 bridgehead atoms. The molecule has 1 unspecified atom stereocenters. The van der Waals surface area contributed by atoms with Crippen molar-refractivity contribution >= 4 is 17.3 Å². The second-order valence-electron chi connectivity index (χ2n) is 3.77. The van der Waals surface area contributed by atoms with Gasteiger partial charge in [0.15, 0.2) is 0 Å². The fraction of sp³-hybridized carbons (Fsp3) is 0.385. The number of nitrogens with one attached hydrogen (secondary N) is 1. The fourth-order valence-corrected chi connectivity index (χ4v) is 2.18. The maximum atomic E-state index is 5.99. The summed E-state index contributed by atoms with van der Waals surface area (Å²) in [5.74, 6) is 6.61. The molecular formula is C13H14ClN. The van der Waals surface area contributed by atoms with Crippen molar-refractivity contribution < 1.29 is 0 Å². The van der Waals surface area contributed by atoms with Crippen LogP contribution in [-0.2, 0) is 0 Å². The van der Waals surface area contributed by atoms with E-state index in [1.165, 1.54) is 11.3 Å². The average Bonchev–Trinajstić information content (AvgIpc) is 2.62. The van der Waals surface area contributed by atoms with Gasteiger partial charge in [-0.05, 0) is 37.1 Å². The Kier molecular flexibility index (Phi) is 3.18. The number of fused-ring (bicyclic) bond motifs is 1. The maximum absolute atomic E-state index is 5.99. The van der Waals surface area contributed by atoms with Crippen LogP contribution in [0.25, 0.3) is 0 Å². The number of anilines is 1. The van der Waals surface area contributed by atoms with Crippen LogP contribution in [0.5, 0.6) is 0 Å². The van der Waals surface area contributed by atoms with E-state index < -0.39 is 0 Å². The fourth-order valence-electron chi connectivity index (χ4n) is 2.00. The predicted molar refractivity (Wildman–Crippen MR) is 65.4 cm³/mol. The highest BCUT2D eigenvalue weighted by molar-refractivity contribution is 6.30. The van der Waals surface area contributed by atoms with Crippen LogP contribution in [-0.4, -0.2) is 6.54 Å². The molecule has 1 aliphatic heterocycles. The van der Waals surface area contributed by atoms with Crippen molar-refractivity contribution in [2.24, 2.45) is 0 Å². The molecule has 0 spiro atoms. The number of halogens is 1. The van der Waals surface area contributed by atoms with Crippen LogP contribution >= 0.6 is 11.6 Å². The van der Waals surface area contributed by atoms with E-state index >= 15 is 0 Å². The molecule has 2 rings (SSSR count). The van der Waals surface area contributed by atoms with Crippen molar-refractivity contribution in [3.8, 4) is 11.8 Å². The first-order valence-corrected chi connectivity index (χ1v) is 5.62. The first-order valence-electron chi connectivity index (χ1n) is 5.24. The summed E-state index contributed by atoms with van der Waals surface area (Å²) in [6.45, 7) is 2.90. The Bertz CT molecular complexity index is 414. The lowest BCUT2D eigenvalue weighted by atomic mass is 9.96. The van der Waals surface area contributed by atoms with Crippen molar-refractivity contribution in [3.05, 3.63) is 28.8 Å². The Labute approximate surface area is 95.8 Å². The Morgan fingerprint density at radius 2 is 2.40 bits per heavy atom. The van der Waals surface area contributed by atoms with Crippen molar-refractivity contribution in [3.63, 3.8) is 0 Å². The highest BCUT2D eigenvalue weighted by atomic mass is 35.5. The van der Waals surface area contributed by atoms with E-state index in [1.807, 2.05) is 13.0 Å². The molecule has 1 aliphatic rings. The second-order valence-corrected chi connectivity index (χ2v) is 4.21. The van der Waals surface area contributed by atoms with E-state index in [9.17, 15) is 0 Å². The van der Waals surface area contributed by atoms with Gasteiger partial charge in [-0.2, -0.15) is 0 Å². The quantitative estimate of drug-likeness (QED) is 0.749. The molecule has 1 atom stereocenters. The normalized spacial score (nSPS) is 17.6. The van der Waals surface area contributed by atoms with Gasteiger partial charge in [-0.3, -0.25) is 0 Å². The van der Waals surface area contributed by atoms with E-state index in [2.05, 4.69) is 29.3 Å². The lowest BCUT2D eigenvalue weighted by Gasteiger charge is -2.07. The van der Waals surface area contributed by atoms with E-state index in [1.54, 1.807) is 0 Å². The van der Waals surface area contributed by atoms with Gasteiger partial charge in [0, 0.05) is 29.6 Å². The van der Waals surface area contributed by atoms with Crippen molar-refractivity contribution in [1.82, 2.24) is 0 Å². The molecule has 0 amide bonds. The first-order chi connectivity index (χ1) is 7.31. The third-order valence-corrected chi connectivity index (χ3v) is 3.02. The predicted octanol–water partition coefficient (Wildman–Crippen LogP) is 3.65. The van der Waals surface area contributed by atoms with Crippen molar-refractivity contribution in [1.29, 1.82) is 0 Å². The summed E-state index contributed by atoms with van der Waals surface area (Å²) in [5.41, 5.74) is 2.58. The summed E-state index contributed by atoms with van der Waals surface area (Å²) in [7, 11) is 0. The Morgan fingerprint density at radius 1 is 1.53 bits per heavy atom. The molecule has 1 aromatic rings. The molecule has 1 nitrogen and oxygen atoms in total. The molecule has 1 aromatic carbocycles. The zero-order chi connectivity index (χ0) is 10.7. The minimum Gasteiger partial charge on any atom is -0.384 e. The van der Waals surface area contributed by atoms with Gasteiger partial charge in [0.05, 0.1) is 0 Å². The third-order valence-electron chi connectivity index (χ3n) is 2.79. The average molecular weight is 220 g/mol. The Balaban J connectivity index is 2.12. The zero-order valence-electron chi connectivity index (χ0n) is 8.81. The molecule has 0 fully saturated rings. The zero-order valence-corrected chi connectivity index (χ0v) is 9.56. The van der Waals surface area contributed by atoms with Crippen LogP contribution in [0.15, 0.2) is 18.2 Å². The van der Waals surface area contributed by atoms with Gasteiger partial charge in [0.25, 0.3) is 0 Å². The third kappa shape index (κ3) is 2.27. The topological polar surface area (TPSA) is 12.0 Å². The van der Waals surface area contributed by atoms with Gasteiger partial charge in [-0.1, -0.05) is 11.6 Å². The van der Waals surface area contributed by atoms with Crippen LogP contribution in [0.1, 0.15) is 31.2 Å². The minimum absolute atomic E-state index is 0.569. The number of rotatable bonds is 2. The summed E-state index contributed by atoms with van der Waals surface area (Å²) >= 11 is 5.99. The van der Waals surface area contributed by atoms with Gasteiger partial charge in [-0.15, -0.1) is 11.8 Å². The van der Waals surface area contributed by atoms with Gasteiger partial charge in [0.2, 0.25) is 0 Å². The maximum Gasteiger partial charge on any atom is 0.0410 e. The summed E-state index contributed by atoms with van der Waals surface area (Å²) in [5, 5.41) is 4.22. The summed E-state index contributed by atoms with van der Waals surface area (Å²) in [6.07, 6.45) is 2.08. The van der Waals surface area contributed by atoms with E-state index in [4.69, 9.17) is 11.6 Å². The van der Waals surface area contributed by atoms with E-state index in [0.29, 0.717) is 5.92 Å². The molecule has 0 saturated carbocycles. The Morgan fingerprint density at radius 3 is 3.20 bits per heavy atom. The van der Waals surface area contributed by atoms with Crippen LogP contribution in [0.3, 0.4) is 0 Å². The smallest absolute Gasteiger partial charge is 0.0410 e. The van der Waals surface area contributed by atoms with Gasteiger partial charge in [-0.25, -0.2) is 0 Å². The van der Waals surface area contributed by atoms with Crippen molar-refractivity contribution in [2.75, 3.05) is 11.9 Å². The van der Waals surface area contributed by atoms with E-state index in [0.717, 1.165) is 24.4 Å². The monoisotopic (exact) mass is 219 g/mol. The highest BCUT2D eigenvalue weighted by Crippen LogP contribution is 2.35. The van der Waals surface area contributed by atoms with Gasteiger partial charge < -0.3 is 5.32 Å². The lowest BCUT2D eigenvalue weighted by Crippen LogP contribution is -2.01. The summed E-state index contributed by atoms with van der Waals surface area (Å²) < 4.78 is 0. The molecule has 1 heterocycles. The van der Waals surface area contributed by atoms with Crippen LogP contribution in [0.2, 0.25) is 5.02 Å². The van der Waals surface area contributed by atoms with Gasteiger partial charge in [0.1, 0.15) is 0 Å². The van der Waals surface area contributed by atoms with Gasteiger partial charge >= 0.3 is 0 Å². The molecule has 1 N–H and O–H groups in total. The number of benzene rings is 1. The van der Waals surface area contributed by atoms with E-state index in [-0.39, 0.29) is 0 Å². The molecule has 0 saturated heterocycles. The lowest BCUT2D eigenvalue weighted by molar-refractivity contribution is 0.693. The standard InChI is InChI=1S/C13H14ClN/c1-2-3-4-5-10-9-15-13-7-6-11(14)8-12(10)13/h6-8,10,15H,4-5,9H2,1H3. The van der Waals surface area contributed by atoms with Crippen LogP contribution in [0.4, 0.5) is 5.69 Å². The van der Waals surface area contributed by atoms with Crippen LogP contribution < -0.4 is 5.32 Å². The molecule has 0 aromatic heterocycles. The highest BCUT2D eigenvalue weighted by Gasteiger charge is 2.21. The number of hydrogen-bond donors (Lipinski definition) is 1. The molecule has 2 heteroatoms.